The van der Waals surface area contributed by atoms with Crippen LogP contribution in [0.2, 0.25) is 0 Å². The van der Waals surface area contributed by atoms with Gasteiger partial charge in [0.25, 0.3) is 0 Å². The summed E-state index contributed by atoms with van der Waals surface area (Å²) in [5.74, 6) is 0.533. The number of hydrogen-bond acceptors (Lipinski definition) is 3. The van der Waals surface area contributed by atoms with Crippen LogP contribution in [-0.2, 0) is 16.0 Å². The van der Waals surface area contributed by atoms with Crippen LogP contribution in [-0.4, -0.2) is 18.7 Å². The Hall–Kier alpha value is -1.35. The van der Waals surface area contributed by atoms with Crippen LogP contribution in [0.5, 0.6) is 5.75 Å². The summed E-state index contributed by atoms with van der Waals surface area (Å²) in [5.41, 5.74) is 1.26. The lowest BCUT2D eigenvalue weighted by Gasteiger charge is -2.13. The first-order valence-electron chi connectivity index (χ1n) is 12.1. The molecule has 0 saturated carbocycles. The Morgan fingerprint density at radius 1 is 0.828 bits per heavy atom. The molecule has 166 valence electrons. The quantitative estimate of drug-likeness (QED) is 0.143. The van der Waals surface area contributed by atoms with E-state index in [0.29, 0.717) is 12.2 Å². The fourth-order valence-corrected chi connectivity index (χ4v) is 3.40. The molecule has 1 atom stereocenters. The molecule has 0 aliphatic heterocycles. The molecule has 0 saturated heterocycles. The van der Waals surface area contributed by atoms with Crippen molar-refractivity contribution in [2.24, 2.45) is 0 Å². The Morgan fingerprint density at radius 3 is 2.07 bits per heavy atom. The Balaban J connectivity index is 2.13. The van der Waals surface area contributed by atoms with Gasteiger partial charge in [0.15, 0.2) is 0 Å². The van der Waals surface area contributed by atoms with Crippen molar-refractivity contribution < 1.29 is 14.3 Å². The van der Waals surface area contributed by atoms with E-state index in [-0.39, 0.29) is 12.1 Å². The molecular formula is C26H44O3. The van der Waals surface area contributed by atoms with Gasteiger partial charge in [-0.15, -0.1) is 0 Å². The lowest BCUT2D eigenvalue weighted by Crippen LogP contribution is -2.10. The topological polar surface area (TPSA) is 35.5 Å². The zero-order valence-electron chi connectivity index (χ0n) is 19.2. The summed E-state index contributed by atoms with van der Waals surface area (Å²) >= 11 is 0. The summed E-state index contributed by atoms with van der Waals surface area (Å²) in [6.45, 7) is 7.48. The second kappa shape index (κ2) is 17.5. The number of benzene rings is 1. The van der Waals surface area contributed by atoms with Gasteiger partial charge in [0, 0.05) is 13.0 Å². The average molecular weight is 405 g/mol. The van der Waals surface area contributed by atoms with Crippen molar-refractivity contribution in [2.75, 3.05) is 6.61 Å². The Morgan fingerprint density at radius 2 is 1.41 bits per heavy atom. The standard InChI is InChI=1S/C26H44O3/c1-4-6-8-10-12-14-22-28-23(3)16-17-24-18-20-25(21-19-24)29-26(27)15-13-11-9-7-5-2/h18-21,23H,4-17,22H2,1-3H3. The molecule has 0 fully saturated rings. The maximum atomic E-state index is 11.9. The largest absolute Gasteiger partial charge is 0.427 e. The number of rotatable bonds is 18. The number of carbonyl (C=O) groups excluding carboxylic acids is 1. The number of esters is 1. The van der Waals surface area contributed by atoms with Crippen LogP contribution in [0.1, 0.15) is 110 Å². The van der Waals surface area contributed by atoms with Gasteiger partial charge in [-0.1, -0.05) is 83.8 Å². The van der Waals surface area contributed by atoms with Crippen LogP contribution >= 0.6 is 0 Å². The third-order valence-electron chi connectivity index (χ3n) is 5.38. The molecule has 0 aromatic heterocycles. The molecule has 0 radical (unpaired) electrons. The predicted molar refractivity (Wildman–Crippen MR) is 123 cm³/mol. The number of carbonyl (C=O) groups is 1. The molecule has 0 heterocycles. The number of ether oxygens (including phenoxy) is 2. The van der Waals surface area contributed by atoms with E-state index in [4.69, 9.17) is 9.47 Å². The third-order valence-corrected chi connectivity index (χ3v) is 5.38. The summed E-state index contributed by atoms with van der Waals surface area (Å²) in [4.78, 5) is 11.9. The zero-order valence-corrected chi connectivity index (χ0v) is 19.2. The van der Waals surface area contributed by atoms with Crippen LogP contribution in [0.3, 0.4) is 0 Å². The first-order valence-corrected chi connectivity index (χ1v) is 12.1. The van der Waals surface area contributed by atoms with Gasteiger partial charge in [0.1, 0.15) is 5.75 Å². The van der Waals surface area contributed by atoms with Crippen molar-refractivity contribution in [3.05, 3.63) is 29.8 Å². The monoisotopic (exact) mass is 404 g/mol. The Bertz CT molecular complexity index is 509. The van der Waals surface area contributed by atoms with Crippen molar-refractivity contribution in [2.45, 2.75) is 117 Å². The molecule has 1 unspecified atom stereocenters. The third kappa shape index (κ3) is 14.3. The minimum absolute atomic E-state index is 0.119. The molecule has 0 amide bonds. The van der Waals surface area contributed by atoms with Crippen LogP contribution < -0.4 is 4.74 Å². The lowest BCUT2D eigenvalue weighted by atomic mass is 10.1. The van der Waals surface area contributed by atoms with E-state index in [1.54, 1.807) is 0 Å². The molecule has 3 nitrogen and oxygen atoms in total. The van der Waals surface area contributed by atoms with Crippen LogP contribution in [0.15, 0.2) is 24.3 Å². The molecular weight excluding hydrogens is 360 g/mol. The SMILES string of the molecule is CCCCCCCCOC(C)CCc1ccc(OC(=O)CCCCCCC)cc1. The van der Waals surface area contributed by atoms with E-state index in [1.807, 2.05) is 12.1 Å². The van der Waals surface area contributed by atoms with E-state index >= 15 is 0 Å². The average Bonchev–Trinajstić information content (AvgIpc) is 2.72. The summed E-state index contributed by atoms with van der Waals surface area (Å²) < 4.78 is 11.4. The summed E-state index contributed by atoms with van der Waals surface area (Å²) in [6.07, 6.45) is 16.3. The molecule has 0 spiro atoms. The Kier molecular flexibility index (Phi) is 15.5. The Labute approximate surface area is 179 Å². The van der Waals surface area contributed by atoms with E-state index in [0.717, 1.165) is 32.3 Å². The molecule has 1 aromatic rings. The van der Waals surface area contributed by atoms with E-state index in [2.05, 4.69) is 32.9 Å². The normalized spacial score (nSPS) is 12.1. The van der Waals surface area contributed by atoms with Crippen molar-refractivity contribution in [3.63, 3.8) is 0 Å². The van der Waals surface area contributed by atoms with Crippen molar-refractivity contribution >= 4 is 5.97 Å². The highest BCUT2D eigenvalue weighted by molar-refractivity contribution is 5.72. The van der Waals surface area contributed by atoms with Crippen LogP contribution in [0.4, 0.5) is 0 Å². The first-order chi connectivity index (χ1) is 14.2. The lowest BCUT2D eigenvalue weighted by molar-refractivity contribution is -0.134. The van der Waals surface area contributed by atoms with Gasteiger partial charge < -0.3 is 9.47 Å². The van der Waals surface area contributed by atoms with Crippen LogP contribution in [0, 0.1) is 0 Å². The molecule has 0 aliphatic rings. The summed E-state index contributed by atoms with van der Waals surface area (Å²) in [7, 11) is 0. The van der Waals surface area contributed by atoms with Gasteiger partial charge in [-0.2, -0.15) is 0 Å². The second-order valence-electron chi connectivity index (χ2n) is 8.27. The highest BCUT2D eigenvalue weighted by atomic mass is 16.5. The minimum atomic E-state index is -0.119. The van der Waals surface area contributed by atoms with E-state index < -0.39 is 0 Å². The maximum Gasteiger partial charge on any atom is 0.311 e. The smallest absolute Gasteiger partial charge is 0.311 e. The van der Waals surface area contributed by atoms with Gasteiger partial charge in [0.2, 0.25) is 0 Å². The molecule has 0 bridgehead atoms. The van der Waals surface area contributed by atoms with Crippen LogP contribution in [0.25, 0.3) is 0 Å². The van der Waals surface area contributed by atoms with E-state index in [9.17, 15) is 4.79 Å². The second-order valence-corrected chi connectivity index (χ2v) is 8.27. The maximum absolute atomic E-state index is 11.9. The zero-order chi connectivity index (χ0) is 21.2. The van der Waals surface area contributed by atoms with Gasteiger partial charge in [0.05, 0.1) is 6.10 Å². The molecule has 1 rings (SSSR count). The van der Waals surface area contributed by atoms with Gasteiger partial charge in [-0.3, -0.25) is 4.79 Å². The number of hydrogen-bond donors (Lipinski definition) is 0. The predicted octanol–water partition coefficient (Wildman–Crippen LogP) is 7.65. The fourth-order valence-electron chi connectivity index (χ4n) is 3.40. The van der Waals surface area contributed by atoms with E-state index in [1.165, 1.54) is 63.4 Å². The van der Waals surface area contributed by atoms with Gasteiger partial charge in [-0.05, 0) is 50.3 Å². The van der Waals surface area contributed by atoms with Gasteiger partial charge >= 0.3 is 5.97 Å². The highest BCUT2D eigenvalue weighted by Gasteiger charge is 2.06. The molecule has 1 aromatic carbocycles. The summed E-state index contributed by atoms with van der Waals surface area (Å²) in [5, 5.41) is 0. The molecule has 3 heteroatoms. The molecule has 29 heavy (non-hydrogen) atoms. The highest BCUT2D eigenvalue weighted by Crippen LogP contribution is 2.16. The number of aryl methyl sites for hydroxylation is 1. The van der Waals surface area contributed by atoms with Crippen molar-refractivity contribution in [3.8, 4) is 5.75 Å². The first kappa shape index (κ1) is 25.7. The fraction of sp³-hybridized carbons (Fsp3) is 0.731. The number of unbranched alkanes of at least 4 members (excludes halogenated alkanes) is 9. The summed E-state index contributed by atoms with van der Waals surface area (Å²) in [6, 6.07) is 7.94. The van der Waals surface area contributed by atoms with Crippen molar-refractivity contribution in [1.82, 2.24) is 0 Å². The molecule has 0 N–H and O–H groups in total. The van der Waals surface area contributed by atoms with Crippen molar-refractivity contribution in [1.29, 1.82) is 0 Å². The molecule has 0 aliphatic carbocycles. The van der Waals surface area contributed by atoms with Gasteiger partial charge in [-0.25, -0.2) is 0 Å². The minimum Gasteiger partial charge on any atom is -0.427 e.